The van der Waals surface area contributed by atoms with Crippen molar-refractivity contribution in [2.24, 2.45) is 24.3 Å². The molecule has 1 heterocycles. The topological polar surface area (TPSA) is 91.7 Å². The highest BCUT2D eigenvalue weighted by atomic mass is 16.5. The first-order chi connectivity index (χ1) is 18.3. The van der Waals surface area contributed by atoms with E-state index in [1.54, 1.807) is 61.4 Å². The molecule has 5 rings (SSSR count). The number of benzene rings is 2. The standard InChI is InChI=1S/C30H35N3O5/c1-19(18-36-4)37-25-15-22(29(35)31-27-11-14-33(3)32-27)16-26(17-25)38-24-7-5-21(6-8-24)28(34)20(2)30-12-9-23(30)10-13-30/h5-8,11,14-17,19-20,23H,9-10,12-13,18H2,1-4H3,(H,31,32,35)/t19-,20?,23?,30?/m0/s1. The van der Waals surface area contributed by atoms with Crippen LogP contribution >= 0.6 is 0 Å². The zero-order valence-electron chi connectivity index (χ0n) is 22.4. The molecule has 1 unspecified atom stereocenters. The van der Waals surface area contributed by atoms with Crippen molar-refractivity contribution in [1.29, 1.82) is 0 Å². The number of ether oxygens (including phenoxy) is 3. The van der Waals surface area contributed by atoms with Crippen molar-refractivity contribution in [3.05, 3.63) is 65.9 Å². The van der Waals surface area contributed by atoms with Gasteiger partial charge in [-0.2, -0.15) is 5.10 Å². The minimum absolute atomic E-state index is 0.0462. The molecular weight excluding hydrogens is 482 g/mol. The van der Waals surface area contributed by atoms with Gasteiger partial charge in [0.25, 0.3) is 5.91 Å². The van der Waals surface area contributed by atoms with Crippen molar-refractivity contribution >= 4 is 17.5 Å². The summed E-state index contributed by atoms with van der Waals surface area (Å²) in [4.78, 5) is 26.2. The first-order valence-corrected chi connectivity index (χ1v) is 13.2. The Labute approximate surface area is 223 Å². The highest BCUT2D eigenvalue weighted by Gasteiger charge is 2.57. The van der Waals surface area contributed by atoms with Gasteiger partial charge in [0.05, 0.1) is 6.61 Å². The molecule has 1 amide bonds. The van der Waals surface area contributed by atoms with Gasteiger partial charge in [0.1, 0.15) is 23.4 Å². The molecule has 3 aromatic rings. The summed E-state index contributed by atoms with van der Waals surface area (Å²) in [6, 6.07) is 14.0. The number of nitrogens with one attached hydrogen (secondary N) is 1. The third-order valence-corrected chi connectivity index (χ3v) is 8.20. The number of fused-ring (bicyclic) bond motifs is 1. The lowest BCUT2D eigenvalue weighted by Crippen LogP contribution is -2.54. The quantitative estimate of drug-likeness (QED) is 0.319. The minimum atomic E-state index is -0.335. The fourth-order valence-electron chi connectivity index (χ4n) is 5.83. The molecule has 0 aliphatic heterocycles. The van der Waals surface area contributed by atoms with Gasteiger partial charge in [-0.15, -0.1) is 0 Å². The molecule has 38 heavy (non-hydrogen) atoms. The molecule has 200 valence electrons. The number of methoxy groups -OCH3 is 1. The summed E-state index contributed by atoms with van der Waals surface area (Å²) in [5.74, 6) is 2.58. The molecule has 1 aromatic heterocycles. The predicted molar refractivity (Wildman–Crippen MR) is 144 cm³/mol. The minimum Gasteiger partial charge on any atom is -0.488 e. The highest BCUT2D eigenvalue weighted by molar-refractivity contribution is 6.04. The van der Waals surface area contributed by atoms with E-state index in [-0.39, 0.29) is 29.1 Å². The summed E-state index contributed by atoms with van der Waals surface area (Å²) in [5, 5.41) is 7.00. The molecule has 0 bridgehead atoms. The van der Waals surface area contributed by atoms with Crippen LogP contribution in [0.15, 0.2) is 54.7 Å². The maximum absolute atomic E-state index is 13.2. The molecule has 2 aromatic carbocycles. The third kappa shape index (κ3) is 5.18. The van der Waals surface area contributed by atoms with E-state index in [2.05, 4.69) is 17.3 Å². The van der Waals surface area contributed by atoms with Crippen molar-refractivity contribution in [2.45, 2.75) is 45.6 Å². The van der Waals surface area contributed by atoms with Crippen LogP contribution in [-0.2, 0) is 11.8 Å². The number of aromatic nitrogens is 2. The number of aryl methyl sites for hydroxylation is 1. The van der Waals surface area contributed by atoms with Crippen LogP contribution in [0, 0.1) is 17.3 Å². The fraction of sp³-hybridized carbons (Fsp3) is 0.433. The maximum atomic E-state index is 13.2. The summed E-state index contributed by atoms with van der Waals surface area (Å²) in [6.07, 6.45) is 6.40. The van der Waals surface area contributed by atoms with Gasteiger partial charge in [-0.3, -0.25) is 14.3 Å². The lowest BCUT2D eigenvalue weighted by molar-refractivity contribution is -0.105. The first kappa shape index (κ1) is 26.0. The number of hydrogen-bond acceptors (Lipinski definition) is 6. The van der Waals surface area contributed by atoms with Gasteiger partial charge in [-0.1, -0.05) is 6.92 Å². The number of nitrogens with zero attached hydrogens (tertiary/aromatic N) is 2. The molecule has 2 aliphatic carbocycles. The fourth-order valence-corrected chi connectivity index (χ4v) is 5.83. The molecule has 0 saturated heterocycles. The molecule has 1 N–H and O–H groups in total. The van der Waals surface area contributed by atoms with Gasteiger partial charge < -0.3 is 19.5 Å². The molecule has 2 fully saturated rings. The molecule has 2 aliphatic rings. The van der Waals surface area contributed by atoms with Crippen LogP contribution in [0.1, 0.15) is 60.2 Å². The molecule has 2 saturated carbocycles. The number of hydrogen-bond donors (Lipinski definition) is 1. The first-order valence-electron chi connectivity index (χ1n) is 13.2. The molecule has 8 nitrogen and oxygen atoms in total. The van der Waals surface area contributed by atoms with E-state index in [1.807, 2.05) is 19.1 Å². The van der Waals surface area contributed by atoms with Crippen molar-refractivity contribution in [2.75, 3.05) is 19.0 Å². The zero-order valence-corrected chi connectivity index (χ0v) is 22.4. The number of anilines is 1. The van der Waals surface area contributed by atoms with Crippen LogP contribution in [0.2, 0.25) is 0 Å². The average molecular weight is 518 g/mol. The van der Waals surface area contributed by atoms with Gasteiger partial charge >= 0.3 is 0 Å². The third-order valence-electron chi connectivity index (χ3n) is 8.20. The molecular formula is C30H35N3O5. The number of amides is 1. The second kappa shape index (κ2) is 10.6. The summed E-state index contributed by atoms with van der Waals surface area (Å²) in [7, 11) is 3.39. The van der Waals surface area contributed by atoms with Crippen LogP contribution in [0.4, 0.5) is 5.82 Å². The Morgan fingerprint density at radius 1 is 1.03 bits per heavy atom. The Bertz CT molecular complexity index is 1310. The van der Waals surface area contributed by atoms with Gasteiger partial charge in [-0.25, -0.2) is 0 Å². The van der Waals surface area contributed by atoms with E-state index < -0.39 is 0 Å². The van der Waals surface area contributed by atoms with Gasteiger partial charge in [0, 0.05) is 49.5 Å². The number of ketones is 1. The highest BCUT2D eigenvalue weighted by Crippen LogP contribution is 2.65. The van der Waals surface area contributed by atoms with E-state index in [9.17, 15) is 9.59 Å². The van der Waals surface area contributed by atoms with Crippen LogP contribution in [0.25, 0.3) is 0 Å². The number of carbonyl (C=O) groups excluding carboxylic acids is 2. The number of Topliss-reactive ketones (excluding diaryl/α,β-unsaturated/α-hetero) is 1. The van der Waals surface area contributed by atoms with Crippen LogP contribution < -0.4 is 14.8 Å². The zero-order chi connectivity index (χ0) is 26.9. The maximum Gasteiger partial charge on any atom is 0.257 e. The Morgan fingerprint density at radius 2 is 1.74 bits per heavy atom. The molecule has 2 atom stereocenters. The monoisotopic (exact) mass is 517 g/mol. The SMILES string of the molecule is COC[C@H](C)Oc1cc(Oc2ccc(C(=O)C(C)C34CCC3CC4)cc2)cc(C(=O)Nc2ccn(C)n2)c1. The van der Waals surface area contributed by atoms with E-state index in [0.29, 0.717) is 40.8 Å². The molecule has 8 heteroatoms. The Balaban J connectivity index is 1.32. The van der Waals surface area contributed by atoms with Crippen molar-refractivity contribution in [3.63, 3.8) is 0 Å². The Kier molecular flexibility index (Phi) is 7.25. The van der Waals surface area contributed by atoms with Crippen LogP contribution in [0.3, 0.4) is 0 Å². The van der Waals surface area contributed by atoms with Crippen LogP contribution in [-0.4, -0.2) is 41.3 Å². The van der Waals surface area contributed by atoms with E-state index in [4.69, 9.17) is 14.2 Å². The van der Waals surface area contributed by atoms with Gasteiger partial charge in [-0.05, 0) is 80.3 Å². The predicted octanol–water partition coefficient (Wildman–Crippen LogP) is 5.89. The summed E-state index contributed by atoms with van der Waals surface area (Å²) in [5.41, 5.74) is 1.31. The second-order valence-electron chi connectivity index (χ2n) is 10.6. The number of carbonyl (C=O) groups is 2. The second-order valence-corrected chi connectivity index (χ2v) is 10.6. The normalized spacial score (nSPS) is 21.3. The lowest BCUT2D eigenvalue weighted by Gasteiger charge is -2.61. The van der Waals surface area contributed by atoms with E-state index in [1.165, 1.54) is 25.7 Å². The summed E-state index contributed by atoms with van der Waals surface area (Å²) >= 11 is 0. The Morgan fingerprint density at radius 3 is 2.32 bits per heavy atom. The van der Waals surface area contributed by atoms with Gasteiger partial charge in [0.2, 0.25) is 0 Å². The lowest BCUT2D eigenvalue weighted by atomic mass is 9.43. The smallest absolute Gasteiger partial charge is 0.257 e. The van der Waals surface area contributed by atoms with E-state index in [0.717, 1.165) is 5.92 Å². The largest absolute Gasteiger partial charge is 0.488 e. The Hall–Kier alpha value is -3.65. The van der Waals surface area contributed by atoms with Crippen molar-refractivity contribution in [1.82, 2.24) is 9.78 Å². The number of rotatable bonds is 11. The van der Waals surface area contributed by atoms with Crippen molar-refractivity contribution < 1.29 is 23.8 Å². The molecule has 0 spiro atoms. The van der Waals surface area contributed by atoms with Crippen LogP contribution in [0.5, 0.6) is 17.2 Å². The van der Waals surface area contributed by atoms with Crippen molar-refractivity contribution in [3.8, 4) is 17.2 Å². The summed E-state index contributed by atoms with van der Waals surface area (Å²) in [6.45, 7) is 4.37. The van der Waals surface area contributed by atoms with Gasteiger partial charge in [0.15, 0.2) is 11.6 Å². The average Bonchev–Trinajstić information content (AvgIpc) is 3.30. The van der Waals surface area contributed by atoms with E-state index >= 15 is 0 Å². The molecule has 0 radical (unpaired) electrons. The summed E-state index contributed by atoms with van der Waals surface area (Å²) < 4.78 is 18.9.